The van der Waals surface area contributed by atoms with Crippen LogP contribution in [-0.4, -0.2) is 22.6 Å². The highest BCUT2D eigenvalue weighted by Gasteiger charge is 2.36. The molecule has 0 aromatic heterocycles. The zero-order valence-electron chi connectivity index (χ0n) is 13.0. The highest BCUT2D eigenvalue weighted by molar-refractivity contribution is 5.42. The first kappa shape index (κ1) is 13.9. The number of aromatic hydroxyl groups is 1. The van der Waals surface area contributed by atoms with Gasteiger partial charge in [-0.1, -0.05) is 26.0 Å². The van der Waals surface area contributed by atoms with Gasteiger partial charge in [0.15, 0.2) is 0 Å². The van der Waals surface area contributed by atoms with Gasteiger partial charge < -0.3 is 5.11 Å². The molecule has 1 saturated heterocycles. The van der Waals surface area contributed by atoms with E-state index in [0.29, 0.717) is 17.8 Å². The number of phenols is 1. The van der Waals surface area contributed by atoms with E-state index in [4.69, 9.17) is 0 Å². The van der Waals surface area contributed by atoms with Crippen LogP contribution in [0.1, 0.15) is 57.2 Å². The lowest BCUT2D eigenvalue weighted by Gasteiger charge is -2.47. The molecular weight excluding hydrogens is 246 g/mol. The Bertz CT molecular complexity index is 484. The molecule has 1 aliphatic heterocycles. The maximum atomic E-state index is 10.1. The molecule has 4 unspecified atom stereocenters. The first-order chi connectivity index (χ1) is 9.58. The lowest BCUT2D eigenvalue weighted by Crippen LogP contribution is -2.48. The number of phenolic OH excluding ortho intramolecular Hbond substituents is 1. The number of hydrogen-bond donors (Lipinski definition) is 1. The third kappa shape index (κ3) is 2.35. The van der Waals surface area contributed by atoms with Crippen molar-refractivity contribution in [3.05, 3.63) is 29.3 Å². The van der Waals surface area contributed by atoms with Crippen molar-refractivity contribution in [1.29, 1.82) is 0 Å². The summed E-state index contributed by atoms with van der Waals surface area (Å²) in [6.07, 6.45) is 4.81. The summed E-state index contributed by atoms with van der Waals surface area (Å²) in [6, 6.07) is 7.23. The Morgan fingerprint density at radius 2 is 2.00 bits per heavy atom. The van der Waals surface area contributed by atoms with Gasteiger partial charge in [-0.25, -0.2) is 0 Å². The van der Waals surface area contributed by atoms with Gasteiger partial charge in [0.25, 0.3) is 0 Å². The van der Waals surface area contributed by atoms with E-state index in [1.165, 1.54) is 36.9 Å². The van der Waals surface area contributed by atoms with Crippen molar-refractivity contribution in [1.82, 2.24) is 4.90 Å². The van der Waals surface area contributed by atoms with Crippen molar-refractivity contribution in [3.8, 4) is 5.75 Å². The summed E-state index contributed by atoms with van der Waals surface area (Å²) in [5, 5.41) is 10.1. The Balaban J connectivity index is 1.94. The lowest BCUT2D eigenvalue weighted by molar-refractivity contribution is 0.0326. The zero-order valence-corrected chi connectivity index (χ0v) is 13.0. The lowest BCUT2D eigenvalue weighted by atomic mass is 9.80. The molecule has 2 nitrogen and oxygen atoms in total. The van der Waals surface area contributed by atoms with Gasteiger partial charge in [-0.2, -0.15) is 0 Å². The molecule has 0 bridgehead atoms. The molecule has 1 aromatic rings. The van der Waals surface area contributed by atoms with Crippen LogP contribution in [-0.2, 0) is 6.42 Å². The van der Waals surface area contributed by atoms with Crippen molar-refractivity contribution >= 4 is 0 Å². The molecular formula is C18H27NO. The van der Waals surface area contributed by atoms with E-state index < -0.39 is 0 Å². The van der Waals surface area contributed by atoms with Crippen LogP contribution in [0.3, 0.4) is 0 Å². The van der Waals surface area contributed by atoms with Crippen LogP contribution in [0.15, 0.2) is 18.2 Å². The Hall–Kier alpha value is -1.02. The number of benzene rings is 1. The van der Waals surface area contributed by atoms with Gasteiger partial charge in [0.05, 0.1) is 0 Å². The molecule has 20 heavy (non-hydrogen) atoms. The van der Waals surface area contributed by atoms with Crippen LogP contribution in [0.5, 0.6) is 5.75 Å². The second kappa shape index (κ2) is 5.40. The van der Waals surface area contributed by atoms with Gasteiger partial charge in [0.1, 0.15) is 5.75 Å². The monoisotopic (exact) mass is 273 g/mol. The second-order valence-corrected chi connectivity index (χ2v) is 7.01. The molecule has 2 aliphatic rings. The molecule has 0 saturated carbocycles. The Labute approximate surface area is 122 Å². The molecule has 1 heterocycles. The minimum Gasteiger partial charge on any atom is -0.508 e. The standard InChI is InChI=1S/C18H27NO/c1-12-10-13(2)14(3)19(11-12)17-8-4-7-16-15(17)6-5-9-18(16)20/h5-6,9,12-14,17,20H,4,7-8,10-11H2,1-3H3. The van der Waals surface area contributed by atoms with E-state index in [1.54, 1.807) is 0 Å². The minimum atomic E-state index is 0.498. The largest absolute Gasteiger partial charge is 0.508 e. The SMILES string of the molecule is CC1CC(C)C(C)N(C2CCCc3c(O)cccc32)C1. The van der Waals surface area contributed by atoms with E-state index in [0.717, 1.165) is 18.3 Å². The molecule has 2 heteroatoms. The van der Waals surface area contributed by atoms with Gasteiger partial charge in [-0.05, 0) is 61.6 Å². The van der Waals surface area contributed by atoms with Crippen molar-refractivity contribution < 1.29 is 5.11 Å². The summed E-state index contributed by atoms with van der Waals surface area (Å²) in [5.74, 6) is 2.04. The minimum absolute atomic E-state index is 0.498. The fourth-order valence-corrected chi connectivity index (χ4v) is 4.32. The summed E-state index contributed by atoms with van der Waals surface area (Å²) < 4.78 is 0. The highest BCUT2D eigenvalue weighted by atomic mass is 16.3. The van der Waals surface area contributed by atoms with E-state index >= 15 is 0 Å². The van der Waals surface area contributed by atoms with Crippen molar-refractivity contribution in [3.63, 3.8) is 0 Å². The van der Waals surface area contributed by atoms with Crippen LogP contribution < -0.4 is 0 Å². The molecule has 110 valence electrons. The topological polar surface area (TPSA) is 23.5 Å². The van der Waals surface area contributed by atoms with E-state index in [9.17, 15) is 5.11 Å². The van der Waals surface area contributed by atoms with Crippen LogP contribution in [0.2, 0.25) is 0 Å². The van der Waals surface area contributed by atoms with Gasteiger partial charge in [-0.3, -0.25) is 4.90 Å². The first-order valence-electron chi connectivity index (χ1n) is 8.14. The molecule has 1 aliphatic carbocycles. The van der Waals surface area contributed by atoms with Crippen molar-refractivity contribution in [2.45, 2.75) is 58.5 Å². The average molecular weight is 273 g/mol. The molecule has 1 N–H and O–H groups in total. The molecule has 1 aromatic carbocycles. The summed E-state index contributed by atoms with van der Waals surface area (Å²) in [5.41, 5.74) is 2.58. The normalized spacial score (nSPS) is 34.8. The van der Waals surface area contributed by atoms with Crippen LogP contribution in [0.4, 0.5) is 0 Å². The first-order valence-corrected chi connectivity index (χ1v) is 8.14. The van der Waals surface area contributed by atoms with Gasteiger partial charge in [0.2, 0.25) is 0 Å². The predicted molar refractivity (Wildman–Crippen MR) is 82.9 cm³/mol. The average Bonchev–Trinajstić information content (AvgIpc) is 2.43. The molecule has 0 amide bonds. The number of fused-ring (bicyclic) bond motifs is 1. The Morgan fingerprint density at radius 3 is 2.80 bits per heavy atom. The fraction of sp³-hybridized carbons (Fsp3) is 0.667. The maximum Gasteiger partial charge on any atom is 0.119 e. The number of rotatable bonds is 1. The summed E-state index contributed by atoms with van der Waals surface area (Å²) >= 11 is 0. The Kier molecular flexibility index (Phi) is 3.76. The molecule has 0 spiro atoms. The highest BCUT2D eigenvalue weighted by Crippen LogP contribution is 2.42. The molecule has 1 fully saturated rings. The third-order valence-corrected chi connectivity index (χ3v) is 5.49. The molecule has 3 rings (SSSR count). The maximum absolute atomic E-state index is 10.1. The number of piperidine rings is 1. The second-order valence-electron chi connectivity index (χ2n) is 7.01. The quantitative estimate of drug-likeness (QED) is 0.831. The van der Waals surface area contributed by atoms with Crippen LogP contribution in [0.25, 0.3) is 0 Å². The summed E-state index contributed by atoms with van der Waals surface area (Å²) in [6.45, 7) is 8.35. The van der Waals surface area contributed by atoms with Gasteiger partial charge in [0, 0.05) is 18.6 Å². The fourth-order valence-electron chi connectivity index (χ4n) is 4.32. The van der Waals surface area contributed by atoms with Gasteiger partial charge >= 0.3 is 0 Å². The predicted octanol–water partition coefficient (Wildman–Crippen LogP) is 4.14. The molecule has 0 radical (unpaired) electrons. The van der Waals surface area contributed by atoms with Crippen LogP contribution in [0, 0.1) is 11.8 Å². The van der Waals surface area contributed by atoms with E-state index in [-0.39, 0.29) is 0 Å². The van der Waals surface area contributed by atoms with Crippen LogP contribution >= 0.6 is 0 Å². The smallest absolute Gasteiger partial charge is 0.119 e. The third-order valence-electron chi connectivity index (χ3n) is 5.49. The van der Waals surface area contributed by atoms with Gasteiger partial charge in [-0.15, -0.1) is 0 Å². The number of nitrogens with zero attached hydrogens (tertiary/aromatic N) is 1. The Morgan fingerprint density at radius 1 is 1.20 bits per heavy atom. The van der Waals surface area contributed by atoms with E-state index in [2.05, 4.69) is 31.7 Å². The van der Waals surface area contributed by atoms with E-state index in [1.807, 2.05) is 12.1 Å². The molecule has 4 atom stereocenters. The van der Waals surface area contributed by atoms with Crippen molar-refractivity contribution in [2.24, 2.45) is 11.8 Å². The van der Waals surface area contributed by atoms with Crippen molar-refractivity contribution in [2.75, 3.05) is 6.54 Å². The number of hydrogen-bond acceptors (Lipinski definition) is 2. The summed E-state index contributed by atoms with van der Waals surface area (Å²) in [4.78, 5) is 2.70. The number of likely N-dealkylation sites (tertiary alicyclic amines) is 1. The zero-order chi connectivity index (χ0) is 14.3. The summed E-state index contributed by atoms with van der Waals surface area (Å²) in [7, 11) is 0.